The highest BCUT2D eigenvalue weighted by atomic mass is 16.2. The Morgan fingerprint density at radius 1 is 0.966 bits per heavy atom. The van der Waals surface area contributed by atoms with Gasteiger partial charge in [0, 0.05) is 63.3 Å². The molecule has 4 heterocycles. The highest BCUT2D eigenvalue weighted by Crippen LogP contribution is 2.22. The van der Waals surface area contributed by atoms with Gasteiger partial charge in [0.1, 0.15) is 5.84 Å². The molecule has 6 heteroatoms. The Morgan fingerprint density at radius 2 is 1.79 bits per heavy atom. The summed E-state index contributed by atoms with van der Waals surface area (Å²) in [5.74, 6) is 1.29. The fourth-order valence-corrected chi connectivity index (χ4v) is 4.59. The van der Waals surface area contributed by atoms with Crippen molar-refractivity contribution >= 4 is 11.7 Å². The van der Waals surface area contributed by atoms with Gasteiger partial charge in [-0.2, -0.15) is 0 Å². The number of aromatic nitrogens is 1. The van der Waals surface area contributed by atoms with Gasteiger partial charge in [0.25, 0.3) is 5.91 Å². The van der Waals surface area contributed by atoms with E-state index < -0.39 is 0 Å². The van der Waals surface area contributed by atoms with Crippen LogP contribution in [0, 0.1) is 6.92 Å². The number of hydrogen-bond donors (Lipinski definition) is 0. The number of rotatable bonds is 3. The van der Waals surface area contributed by atoms with Crippen molar-refractivity contribution in [2.45, 2.75) is 19.9 Å². The minimum Gasteiger partial charge on any atom is -0.354 e. The Balaban J connectivity index is 1.14. The average Bonchev–Trinajstić information content (AvgIpc) is 3.18. The molecule has 0 bridgehead atoms. The van der Waals surface area contributed by atoms with Gasteiger partial charge < -0.3 is 9.80 Å². The first-order valence-corrected chi connectivity index (χ1v) is 10.5. The van der Waals surface area contributed by atoms with Crippen LogP contribution in [0.3, 0.4) is 0 Å². The van der Waals surface area contributed by atoms with Crippen LogP contribution < -0.4 is 0 Å². The van der Waals surface area contributed by atoms with Crippen molar-refractivity contribution in [3.8, 4) is 0 Å². The van der Waals surface area contributed by atoms with Crippen molar-refractivity contribution in [3.63, 3.8) is 0 Å². The summed E-state index contributed by atoms with van der Waals surface area (Å²) < 4.78 is 0. The molecule has 1 saturated heterocycles. The summed E-state index contributed by atoms with van der Waals surface area (Å²) in [6.07, 6.45) is 2.68. The maximum Gasteiger partial charge on any atom is 0.255 e. The van der Waals surface area contributed by atoms with Crippen LogP contribution in [-0.4, -0.2) is 77.2 Å². The highest BCUT2D eigenvalue weighted by molar-refractivity contribution is 6.02. The molecule has 0 saturated carbocycles. The number of pyridine rings is 1. The van der Waals surface area contributed by atoms with Crippen molar-refractivity contribution in [1.29, 1.82) is 0 Å². The molecule has 1 fully saturated rings. The van der Waals surface area contributed by atoms with Crippen LogP contribution in [0.1, 0.15) is 32.7 Å². The quantitative estimate of drug-likeness (QED) is 0.805. The molecule has 3 aliphatic heterocycles. The summed E-state index contributed by atoms with van der Waals surface area (Å²) in [5, 5.41) is 0. The number of aryl methyl sites for hydroxylation is 1. The van der Waals surface area contributed by atoms with Gasteiger partial charge in [-0.3, -0.25) is 19.7 Å². The standard InChI is InChI=1S/C23H27N5O/c1-17-14-18-6-7-28(23(29)21(18)16-24-17)13-10-26-8-11-27(12-9-26)22-20-5-3-2-4-19(20)15-25-22/h2-5,14,16H,6-13,15H2,1H3. The third-order valence-corrected chi connectivity index (χ3v) is 6.31. The molecule has 0 N–H and O–H groups in total. The Bertz CT molecular complexity index is 961. The van der Waals surface area contributed by atoms with E-state index in [0.29, 0.717) is 0 Å². The molecule has 29 heavy (non-hydrogen) atoms. The first-order valence-electron chi connectivity index (χ1n) is 10.5. The van der Waals surface area contributed by atoms with Crippen LogP contribution in [0.4, 0.5) is 0 Å². The molecule has 6 nitrogen and oxygen atoms in total. The zero-order valence-electron chi connectivity index (χ0n) is 17.0. The maximum absolute atomic E-state index is 12.8. The third kappa shape index (κ3) is 3.53. The van der Waals surface area contributed by atoms with Crippen LogP contribution >= 0.6 is 0 Å². The van der Waals surface area contributed by atoms with Crippen LogP contribution in [0.15, 0.2) is 41.5 Å². The summed E-state index contributed by atoms with van der Waals surface area (Å²) in [7, 11) is 0. The van der Waals surface area contributed by atoms with Crippen molar-refractivity contribution in [2.24, 2.45) is 4.99 Å². The number of carbonyl (C=O) groups excluding carboxylic acids is 1. The van der Waals surface area contributed by atoms with Gasteiger partial charge >= 0.3 is 0 Å². The molecule has 1 amide bonds. The SMILES string of the molecule is Cc1cc2c(cn1)C(=O)N(CCN1CCN(C3=NCc4ccccc43)CC1)CC2. The van der Waals surface area contributed by atoms with Crippen LogP contribution in [0.25, 0.3) is 0 Å². The summed E-state index contributed by atoms with van der Waals surface area (Å²) in [4.78, 5) is 28.7. The molecule has 3 aliphatic rings. The van der Waals surface area contributed by atoms with E-state index in [9.17, 15) is 4.79 Å². The first-order chi connectivity index (χ1) is 14.2. The van der Waals surface area contributed by atoms with E-state index in [1.54, 1.807) is 6.20 Å². The topological polar surface area (TPSA) is 52.0 Å². The fraction of sp³-hybridized carbons (Fsp3) is 0.435. The number of benzene rings is 1. The lowest BCUT2D eigenvalue weighted by Gasteiger charge is -2.37. The van der Waals surface area contributed by atoms with Crippen LogP contribution in [-0.2, 0) is 13.0 Å². The number of carbonyl (C=O) groups is 1. The molecular weight excluding hydrogens is 362 g/mol. The molecule has 1 aromatic carbocycles. The molecule has 5 rings (SSSR count). The van der Waals surface area contributed by atoms with Gasteiger partial charge in [-0.1, -0.05) is 24.3 Å². The zero-order chi connectivity index (χ0) is 19.8. The molecule has 2 aromatic rings. The minimum atomic E-state index is 0.134. The predicted octanol–water partition coefficient (Wildman–Crippen LogP) is 1.97. The maximum atomic E-state index is 12.8. The van der Waals surface area contributed by atoms with E-state index in [-0.39, 0.29) is 5.91 Å². The molecule has 0 unspecified atom stereocenters. The van der Waals surface area contributed by atoms with E-state index in [0.717, 1.165) is 81.4 Å². The summed E-state index contributed by atoms with van der Waals surface area (Å²) >= 11 is 0. The second-order valence-corrected chi connectivity index (χ2v) is 8.15. The van der Waals surface area contributed by atoms with E-state index in [1.807, 2.05) is 17.9 Å². The zero-order valence-corrected chi connectivity index (χ0v) is 17.0. The predicted molar refractivity (Wildman–Crippen MR) is 113 cm³/mol. The second kappa shape index (κ2) is 7.59. The van der Waals surface area contributed by atoms with E-state index >= 15 is 0 Å². The van der Waals surface area contributed by atoms with E-state index in [2.05, 4.69) is 39.0 Å². The Labute approximate surface area is 171 Å². The Morgan fingerprint density at radius 3 is 2.66 bits per heavy atom. The van der Waals surface area contributed by atoms with Gasteiger partial charge in [0.2, 0.25) is 0 Å². The highest BCUT2D eigenvalue weighted by Gasteiger charge is 2.27. The number of hydrogen-bond acceptors (Lipinski definition) is 5. The number of aliphatic imine (C=N–C) groups is 1. The molecule has 0 radical (unpaired) electrons. The van der Waals surface area contributed by atoms with Crippen molar-refractivity contribution in [3.05, 3.63) is 64.5 Å². The monoisotopic (exact) mass is 389 g/mol. The summed E-state index contributed by atoms with van der Waals surface area (Å²) in [6.45, 7) is 9.32. The normalized spacial score (nSPS) is 19.2. The molecule has 0 spiro atoms. The van der Waals surface area contributed by atoms with Crippen molar-refractivity contribution in [2.75, 3.05) is 45.8 Å². The average molecular weight is 390 g/mol. The molecule has 1 aromatic heterocycles. The lowest BCUT2D eigenvalue weighted by molar-refractivity contribution is 0.0706. The molecular formula is C23H27N5O. The molecule has 0 aliphatic carbocycles. The number of amidine groups is 1. The van der Waals surface area contributed by atoms with E-state index in [4.69, 9.17) is 4.99 Å². The van der Waals surface area contributed by atoms with Gasteiger partial charge in [-0.25, -0.2) is 0 Å². The fourth-order valence-electron chi connectivity index (χ4n) is 4.59. The van der Waals surface area contributed by atoms with Crippen molar-refractivity contribution < 1.29 is 4.79 Å². The number of fused-ring (bicyclic) bond motifs is 2. The van der Waals surface area contributed by atoms with Gasteiger partial charge in [-0.05, 0) is 30.5 Å². The van der Waals surface area contributed by atoms with E-state index in [1.165, 1.54) is 11.1 Å². The first kappa shape index (κ1) is 18.3. The molecule has 0 atom stereocenters. The van der Waals surface area contributed by atoms with Crippen LogP contribution in [0.5, 0.6) is 0 Å². The van der Waals surface area contributed by atoms with Gasteiger partial charge in [0.05, 0.1) is 12.1 Å². The lowest BCUT2D eigenvalue weighted by Crippen LogP contribution is -2.51. The van der Waals surface area contributed by atoms with Crippen LogP contribution in [0.2, 0.25) is 0 Å². The number of piperazine rings is 1. The largest absolute Gasteiger partial charge is 0.354 e. The summed E-state index contributed by atoms with van der Waals surface area (Å²) in [5.41, 5.74) is 5.54. The smallest absolute Gasteiger partial charge is 0.255 e. The molecule has 150 valence electrons. The number of nitrogens with zero attached hydrogens (tertiary/aromatic N) is 5. The third-order valence-electron chi connectivity index (χ3n) is 6.31. The van der Waals surface area contributed by atoms with Gasteiger partial charge in [0.15, 0.2) is 0 Å². The van der Waals surface area contributed by atoms with Crippen molar-refractivity contribution in [1.82, 2.24) is 19.7 Å². The Hall–Kier alpha value is -2.73. The van der Waals surface area contributed by atoms with Gasteiger partial charge in [-0.15, -0.1) is 0 Å². The minimum absolute atomic E-state index is 0.134. The Kier molecular flexibility index (Phi) is 4.79. The second-order valence-electron chi connectivity index (χ2n) is 8.15. The number of amides is 1. The summed E-state index contributed by atoms with van der Waals surface area (Å²) in [6, 6.07) is 10.6. The lowest BCUT2D eigenvalue weighted by atomic mass is 10.0.